The summed E-state index contributed by atoms with van der Waals surface area (Å²) in [6.45, 7) is 3.21. The van der Waals surface area contributed by atoms with Gasteiger partial charge in [0.1, 0.15) is 6.10 Å². The van der Waals surface area contributed by atoms with E-state index in [0.29, 0.717) is 6.04 Å². The molecule has 0 aromatic heterocycles. The van der Waals surface area contributed by atoms with E-state index in [0.717, 1.165) is 12.6 Å². The lowest BCUT2D eigenvalue weighted by atomic mass is 9.94. The number of amidine groups is 1. The average Bonchev–Trinajstić information content (AvgIpc) is 2.77. The van der Waals surface area contributed by atoms with Crippen LogP contribution in [0.3, 0.4) is 0 Å². The van der Waals surface area contributed by atoms with Crippen molar-refractivity contribution in [3.05, 3.63) is 35.4 Å². The van der Waals surface area contributed by atoms with Crippen molar-refractivity contribution >= 4 is 6.02 Å². The molecule has 0 amide bonds. The zero-order valence-corrected chi connectivity index (χ0v) is 11.1. The Labute approximate surface area is 108 Å². The maximum absolute atomic E-state index is 6.07. The van der Waals surface area contributed by atoms with Crippen LogP contribution < -0.4 is 0 Å². The van der Waals surface area contributed by atoms with E-state index < -0.39 is 0 Å². The molecule has 0 bridgehead atoms. The highest BCUT2D eigenvalue weighted by Gasteiger charge is 2.41. The summed E-state index contributed by atoms with van der Waals surface area (Å²) in [5, 5.41) is 0. The fraction of sp³-hybridized carbons (Fsp3) is 0.533. The summed E-state index contributed by atoms with van der Waals surface area (Å²) in [6, 6.07) is 9.94. The summed E-state index contributed by atoms with van der Waals surface area (Å²) in [7, 11) is 1.82. The fourth-order valence-electron chi connectivity index (χ4n) is 3.09. The molecule has 3 heteroatoms. The van der Waals surface area contributed by atoms with Crippen LogP contribution in [0.1, 0.15) is 36.5 Å². The molecule has 2 aliphatic heterocycles. The molecule has 1 aromatic carbocycles. The number of piperidine rings is 1. The van der Waals surface area contributed by atoms with Crippen LogP contribution >= 0.6 is 0 Å². The van der Waals surface area contributed by atoms with Gasteiger partial charge in [0.2, 0.25) is 0 Å². The molecule has 2 fully saturated rings. The van der Waals surface area contributed by atoms with Crippen molar-refractivity contribution < 1.29 is 4.74 Å². The molecule has 96 valence electrons. The van der Waals surface area contributed by atoms with Gasteiger partial charge in [0.05, 0.1) is 6.04 Å². The lowest BCUT2D eigenvalue weighted by Gasteiger charge is -2.30. The third-order valence-electron chi connectivity index (χ3n) is 3.94. The molecular weight excluding hydrogens is 224 g/mol. The number of rotatable bonds is 1. The number of ether oxygens (including phenoxy) is 1. The molecule has 0 N–H and O–H groups in total. The Hall–Kier alpha value is -1.51. The van der Waals surface area contributed by atoms with Crippen LogP contribution in [0.5, 0.6) is 0 Å². The second-order valence-electron chi connectivity index (χ2n) is 5.22. The predicted molar refractivity (Wildman–Crippen MR) is 72.7 cm³/mol. The van der Waals surface area contributed by atoms with E-state index in [2.05, 4.69) is 41.1 Å². The molecule has 3 rings (SSSR count). The topological polar surface area (TPSA) is 24.8 Å². The highest BCUT2D eigenvalue weighted by atomic mass is 16.5. The molecule has 0 radical (unpaired) electrons. The summed E-state index contributed by atoms with van der Waals surface area (Å²) in [5.74, 6) is 0. The van der Waals surface area contributed by atoms with Crippen molar-refractivity contribution in [1.82, 2.24) is 4.90 Å². The predicted octanol–water partition coefficient (Wildman–Crippen LogP) is 2.91. The Morgan fingerprint density at radius 3 is 3.00 bits per heavy atom. The number of fused-ring (bicyclic) bond motifs is 1. The molecule has 18 heavy (non-hydrogen) atoms. The highest BCUT2D eigenvalue weighted by Crippen LogP contribution is 2.37. The van der Waals surface area contributed by atoms with Crippen molar-refractivity contribution in [2.75, 3.05) is 13.6 Å². The van der Waals surface area contributed by atoms with E-state index >= 15 is 0 Å². The molecule has 2 aliphatic rings. The second kappa shape index (κ2) is 4.63. The summed E-state index contributed by atoms with van der Waals surface area (Å²) in [6.07, 6.45) is 3.91. The zero-order valence-electron chi connectivity index (χ0n) is 11.1. The first kappa shape index (κ1) is 11.6. The summed E-state index contributed by atoms with van der Waals surface area (Å²) >= 11 is 0. The van der Waals surface area contributed by atoms with Crippen molar-refractivity contribution in [1.29, 1.82) is 0 Å². The maximum atomic E-state index is 6.07. The molecule has 1 aromatic rings. The third-order valence-corrected chi connectivity index (χ3v) is 3.94. The smallest absolute Gasteiger partial charge is 0.288 e. The first-order valence-electron chi connectivity index (χ1n) is 6.76. The monoisotopic (exact) mass is 244 g/mol. The lowest BCUT2D eigenvalue weighted by Crippen LogP contribution is -2.38. The van der Waals surface area contributed by atoms with E-state index in [9.17, 15) is 0 Å². The van der Waals surface area contributed by atoms with E-state index in [-0.39, 0.29) is 6.10 Å². The average molecular weight is 244 g/mol. The van der Waals surface area contributed by atoms with Gasteiger partial charge in [-0.2, -0.15) is 0 Å². The molecule has 3 nitrogen and oxygen atoms in total. The Balaban J connectivity index is 1.93. The molecular formula is C15H20N2O. The van der Waals surface area contributed by atoms with E-state index in [1.807, 2.05) is 7.05 Å². The first-order valence-corrected chi connectivity index (χ1v) is 6.76. The summed E-state index contributed by atoms with van der Waals surface area (Å²) in [4.78, 5) is 6.63. The number of aliphatic imine (C=N–C) groups is 1. The summed E-state index contributed by atoms with van der Waals surface area (Å²) in [5.41, 5.74) is 2.57. The largest absolute Gasteiger partial charge is 0.455 e. The van der Waals surface area contributed by atoms with E-state index in [1.165, 1.54) is 30.4 Å². The third kappa shape index (κ3) is 1.88. The molecule has 0 spiro atoms. The lowest BCUT2D eigenvalue weighted by molar-refractivity contribution is 0.168. The molecule has 0 saturated carbocycles. The number of hydrogen-bond donors (Lipinski definition) is 0. The maximum Gasteiger partial charge on any atom is 0.288 e. The second-order valence-corrected chi connectivity index (χ2v) is 5.22. The van der Waals surface area contributed by atoms with Crippen LogP contribution in [-0.4, -0.2) is 30.6 Å². The Morgan fingerprint density at radius 1 is 1.33 bits per heavy atom. The Morgan fingerprint density at radius 2 is 2.22 bits per heavy atom. The van der Waals surface area contributed by atoms with Crippen LogP contribution in [0.25, 0.3) is 0 Å². The number of hydrogen-bond acceptors (Lipinski definition) is 2. The van der Waals surface area contributed by atoms with Gasteiger partial charge in [-0.15, -0.1) is 0 Å². The highest BCUT2D eigenvalue weighted by molar-refractivity contribution is 5.76. The van der Waals surface area contributed by atoms with Crippen molar-refractivity contribution in [2.24, 2.45) is 4.99 Å². The molecule has 2 heterocycles. The SMILES string of the molecule is CN=C1OC(c2cccc(C)c2)C2CCCCN12. The van der Waals surface area contributed by atoms with Crippen LogP contribution in [0.15, 0.2) is 29.3 Å². The van der Waals surface area contributed by atoms with Gasteiger partial charge in [-0.05, 0) is 31.7 Å². The van der Waals surface area contributed by atoms with Crippen LogP contribution in [0, 0.1) is 6.92 Å². The minimum Gasteiger partial charge on any atom is -0.455 e. The number of nitrogens with zero attached hydrogens (tertiary/aromatic N) is 2. The van der Waals surface area contributed by atoms with Gasteiger partial charge in [-0.1, -0.05) is 29.8 Å². The Bertz CT molecular complexity index is 469. The minimum atomic E-state index is 0.156. The van der Waals surface area contributed by atoms with Gasteiger partial charge < -0.3 is 9.64 Å². The van der Waals surface area contributed by atoms with Crippen LogP contribution in [-0.2, 0) is 4.74 Å². The van der Waals surface area contributed by atoms with Gasteiger partial charge in [0, 0.05) is 13.6 Å². The molecule has 2 saturated heterocycles. The fourth-order valence-corrected chi connectivity index (χ4v) is 3.09. The van der Waals surface area contributed by atoms with Crippen molar-refractivity contribution in [3.8, 4) is 0 Å². The summed E-state index contributed by atoms with van der Waals surface area (Å²) < 4.78 is 6.07. The zero-order chi connectivity index (χ0) is 12.5. The van der Waals surface area contributed by atoms with Crippen LogP contribution in [0.4, 0.5) is 0 Å². The molecule has 2 unspecified atom stereocenters. The number of benzene rings is 1. The first-order chi connectivity index (χ1) is 8.79. The van der Waals surface area contributed by atoms with Gasteiger partial charge in [0.25, 0.3) is 6.02 Å². The molecule has 0 aliphatic carbocycles. The van der Waals surface area contributed by atoms with Crippen molar-refractivity contribution in [2.45, 2.75) is 38.3 Å². The van der Waals surface area contributed by atoms with Crippen LogP contribution in [0.2, 0.25) is 0 Å². The van der Waals surface area contributed by atoms with Crippen molar-refractivity contribution in [3.63, 3.8) is 0 Å². The quantitative estimate of drug-likeness (QED) is 0.759. The van der Waals surface area contributed by atoms with Gasteiger partial charge in [0.15, 0.2) is 0 Å². The standard InChI is InChI=1S/C15H20N2O/c1-11-6-5-7-12(10-11)14-13-8-3-4-9-17(13)15(16-2)18-14/h5-7,10,13-14H,3-4,8-9H2,1-2H3. The minimum absolute atomic E-state index is 0.156. The van der Waals surface area contributed by atoms with E-state index in [1.54, 1.807) is 0 Å². The number of aryl methyl sites for hydroxylation is 1. The Kier molecular flexibility index (Phi) is 2.98. The van der Waals surface area contributed by atoms with Gasteiger partial charge in [-0.3, -0.25) is 0 Å². The van der Waals surface area contributed by atoms with Gasteiger partial charge in [-0.25, -0.2) is 4.99 Å². The van der Waals surface area contributed by atoms with E-state index in [4.69, 9.17) is 4.74 Å². The normalized spacial score (nSPS) is 29.2. The van der Waals surface area contributed by atoms with Gasteiger partial charge >= 0.3 is 0 Å². The molecule has 2 atom stereocenters.